The molecule has 140 valence electrons. The number of fused-ring (bicyclic) bond motifs is 1. The van der Waals surface area contributed by atoms with E-state index in [0.717, 1.165) is 24.8 Å². The molecule has 0 unspecified atom stereocenters. The maximum Gasteiger partial charge on any atom is 0.0962 e. The van der Waals surface area contributed by atoms with Gasteiger partial charge in [0.1, 0.15) is 0 Å². The molecule has 1 fully saturated rings. The van der Waals surface area contributed by atoms with Crippen molar-refractivity contribution in [3.8, 4) is 0 Å². The predicted octanol–water partition coefficient (Wildman–Crippen LogP) is 2.62. The molecule has 0 aliphatic heterocycles. The van der Waals surface area contributed by atoms with Crippen LogP contribution < -0.4 is 0 Å². The van der Waals surface area contributed by atoms with Gasteiger partial charge in [0.15, 0.2) is 0 Å². The number of rotatable bonds is 3. The van der Waals surface area contributed by atoms with Crippen molar-refractivity contribution < 1.29 is 20.4 Å². The second-order valence-electron chi connectivity index (χ2n) is 8.58. The van der Waals surface area contributed by atoms with Crippen molar-refractivity contribution in [2.45, 2.75) is 83.2 Å². The highest BCUT2D eigenvalue weighted by Crippen LogP contribution is 2.59. The molecule has 0 aromatic carbocycles. The molecule has 3 rings (SSSR count). The standard InChI is InChI=1S/C21H32O4/c1-13-4-7-17(23)10-15(13)5-6-16-11-18(24)12-20(3)19(16)8-9-21(20,25)14(2)22/h5-6,11,14,17-19,22-25H,4,7-10,12H2,1-3H3/b6-5+/t14-,17-,18-,19+,20+,21+/m1/s1. The lowest BCUT2D eigenvalue weighted by Crippen LogP contribution is -2.54. The van der Waals surface area contributed by atoms with Gasteiger partial charge in [0.2, 0.25) is 0 Å². The molecule has 4 N–H and O–H groups in total. The molecular formula is C21H32O4. The highest BCUT2D eigenvalue weighted by molar-refractivity contribution is 5.38. The van der Waals surface area contributed by atoms with Gasteiger partial charge < -0.3 is 20.4 Å². The molecule has 3 aliphatic rings. The van der Waals surface area contributed by atoms with Crippen LogP contribution in [-0.4, -0.2) is 44.3 Å². The van der Waals surface area contributed by atoms with Crippen LogP contribution in [0.5, 0.6) is 0 Å². The van der Waals surface area contributed by atoms with E-state index in [-0.39, 0.29) is 12.0 Å². The third-order valence-electron chi connectivity index (χ3n) is 7.02. The molecule has 0 aromatic rings. The Bertz CT molecular complexity index is 617. The van der Waals surface area contributed by atoms with Crippen molar-refractivity contribution in [2.24, 2.45) is 11.3 Å². The topological polar surface area (TPSA) is 80.9 Å². The summed E-state index contributed by atoms with van der Waals surface area (Å²) in [6.45, 7) is 5.75. The van der Waals surface area contributed by atoms with Crippen molar-refractivity contribution in [1.29, 1.82) is 0 Å². The molecule has 4 nitrogen and oxygen atoms in total. The van der Waals surface area contributed by atoms with E-state index in [1.54, 1.807) is 6.92 Å². The zero-order valence-electron chi connectivity index (χ0n) is 15.6. The Kier molecular flexibility index (Phi) is 5.02. The molecule has 1 saturated carbocycles. The molecule has 0 saturated heterocycles. The fourth-order valence-corrected chi connectivity index (χ4v) is 5.29. The summed E-state index contributed by atoms with van der Waals surface area (Å²) in [5, 5.41) is 41.6. The van der Waals surface area contributed by atoms with Crippen LogP contribution in [0.2, 0.25) is 0 Å². The zero-order chi connectivity index (χ0) is 18.4. The predicted molar refractivity (Wildman–Crippen MR) is 97.9 cm³/mol. The van der Waals surface area contributed by atoms with Crippen LogP contribution in [0.15, 0.2) is 34.9 Å². The Morgan fingerprint density at radius 1 is 1.24 bits per heavy atom. The molecule has 3 aliphatic carbocycles. The number of aliphatic hydroxyl groups excluding tert-OH is 3. The summed E-state index contributed by atoms with van der Waals surface area (Å²) >= 11 is 0. The van der Waals surface area contributed by atoms with Crippen molar-refractivity contribution in [3.05, 3.63) is 34.9 Å². The van der Waals surface area contributed by atoms with Crippen LogP contribution in [0.3, 0.4) is 0 Å². The summed E-state index contributed by atoms with van der Waals surface area (Å²) in [7, 11) is 0. The van der Waals surface area contributed by atoms with Crippen molar-refractivity contribution in [1.82, 2.24) is 0 Å². The molecule has 0 bridgehead atoms. The largest absolute Gasteiger partial charge is 0.393 e. The van der Waals surface area contributed by atoms with Gasteiger partial charge in [-0.15, -0.1) is 0 Å². The minimum absolute atomic E-state index is 0.126. The Hall–Kier alpha value is -0.940. The third-order valence-corrected chi connectivity index (χ3v) is 7.02. The first-order chi connectivity index (χ1) is 11.7. The molecule has 0 spiro atoms. The van der Waals surface area contributed by atoms with E-state index < -0.39 is 23.2 Å². The van der Waals surface area contributed by atoms with Crippen LogP contribution in [-0.2, 0) is 0 Å². The summed E-state index contributed by atoms with van der Waals surface area (Å²) in [5.41, 5.74) is 1.82. The first-order valence-electron chi connectivity index (χ1n) is 9.52. The average molecular weight is 348 g/mol. The maximum atomic E-state index is 11.1. The van der Waals surface area contributed by atoms with Gasteiger partial charge in [-0.05, 0) is 69.4 Å². The van der Waals surface area contributed by atoms with E-state index in [1.807, 2.05) is 13.0 Å². The fraction of sp³-hybridized carbons (Fsp3) is 0.714. The quantitative estimate of drug-likeness (QED) is 0.632. The van der Waals surface area contributed by atoms with E-state index in [1.165, 1.54) is 11.1 Å². The van der Waals surface area contributed by atoms with Gasteiger partial charge in [0, 0.05) is 5.41 Å². The molecule has 4 heteroatoms. The third kappa shape index (κ3) is 3.14. The Balaban J connectivity index is 1.89. The number of hydrogen-bond acceptors (Lipinski definition) is 4. The van der Waals surface area contributed by atoms with Crippen LogP contribution in [0.4, 0.5) is 0 Å². The van der Waals surface area contributed by atoms with E-state index in [2.05, 4.69) is 19.1 Å². The van der Waals surface area contributed by atoms with Gasteiger partial charge >= 0.3 is 0 Å². The summed E-state index contributed by atoms with van der Waals surface area (Å²) in [6, 6.07) is 0. The van der Waals surface area contributed by atoms with Crippen LogP contribution in [0, 0.1) is 11.3 Å². The van der Waals surface area contributed by atoms with Gasteiger partial charge in [0.05, 0.1) is 23.9 Å². The smallest absolute Gasteiger partial charge is 0.0962 e. The molecule has 0 radical (unpaired) electrons. The summed E-state index contributed by atoms with van der Waals surface area (Å²) in [6.07, 6.45) is 8.56. The molecule has 25 heavy (non-hydrogen) atoms. The molecule has 0 amide bonds. The first kappa shape index (κ1) is 18.8. The summed E-state index contributed by atoms with van der Waals surface area (Å²) < 4.78 is 0. The van der Waals surface area contributed by atoms with Gasteiger partial charge in [-0.2, -0.15) is 0 Å². The van der Waals surface area contributed by atoms with Gasteiger partial charge in [-0.3, -0.25) is 0 Å². The molecule has 0 aromatic heterocycles. The second kappa shape index (κ2) is 6.66. The van der Waals surface area contributed by atoms with E-state index in [9.17, 15) is 20.4 Å². The lowest BCUT2D eigenvalue weighted by molar-refractivity contribution is -0.148. The normalized spacial score (nSPS) is 43.3. The lowest BCUT2D eigenvalue weighted by atomic mass is 9.61. The SMILES string of the molecule is CC1=C(/C=C/C2=C[C@@H](O)C[C@@]3(C)[C@H]2CC[C@]3(O)[C@@H](C)O)C[C@H](O)CC1. The van der Waals surface area contributed by atoms with E-state index >= 15 is 0 Å². The monoisotopic (exact) mass is 348 g/mol. The molecule has 6 atom stereocenters. The zero-order valence-corrected chi connectivity index (χ0v) is 15.6. The minimum atomic E-state index is -1.16. The van der Waals surface area contributed by atoms with Crippen molar-refractivity contribution in [3.63, 3.8) is 0 Å². The van der Waals surface area contributed by atoms with Gasteiger partial charge in [0.25, 0.3) is 0 Å². The van der Waals surface area contributed by atoms with Gasteiger partial charge in [-0.1, -0.05) is 30.7 Å². The minimum Gasteiger partial charge on any atom is -0.393 e. The van der Waals surface area contributed by atoms with Gasteiger partial charge in [-0.25, -0.2) is 0 Å². The summed E-state index contributed by atoms with van der Waals surface area (Å²) in [4.78, 5) is 0. The Labute approximate surface area is 150 Å². The van der Waals surface area contributed by atoms with E-state index in [4.69, 9.17) is 0 Å². The van der Waals surface area contributed by atoms with Crippen molar-refractivity contribution >= 4 is 0 Å². The van der Waals surface area contributed by atoms with Crippen LogP contribution >= 0.6 is 0 Å². The summed E-state index contributed by atoms with van der Waals surface area (Å²) in [5.74, 6) is 0.126. The van der Waals surface area contributed by atoms with Crippen molar-refractivity contribution in [2.75, 3.05) is 0 Å². The fourth-order valence-electron chi connectivity index (χ4n) is 5.29. The molecular weight excluding hydrogens is 316 g/mol. The highest BCUT2D eigenvalue weighted by atomic mass is 16.3. The Morgan fingerprint density at radius 3 is 2.64 bits per heavy atom. The lowest BCUT2D eigenvalue weighted by Gasteiger charge is -2.48. The number of allylic oxidation sites excluding steroid dienone is 4. The number of aliphatic hydroxyl groups is 4. The second-order valence-corrected chi connectivity index (χ2v) is 8.58. The van der Waals surface area contributed by atoms with Crippen LogP contribution in [0.25, 0.3) is 0 Å². The molecule has 0 heterocycles. The average Bonchev–Trinajstić information content (AvgIpc) is 2.80. The maximum absolute atomic E-state index is 11.1. The first-order valence-corrected chi connectivity index (χ1v) is 9.52. The highest BCUT2D eigenvalue weighted by Gasteiger charge is 2.60. The van der Waals surface area contributed by atoms with E-state index in [0.29, 0.717) is 19.3 Å². The Morgan fingerprint density at radius 2 is 1.96 bits per heavy atom. The number of hydrogen-bond donors (Lipinski definition) is 4. The van der Waals surface area contributed by atoms with Crippen LogP contribution in [0.1, 0.15) is 59.3 Å².